The van der Waals surface area contributed by atoms with Gasteiger partial charge in [-0.25, -0.2) is 19.2 Å². The van der Waals surface area contributed by atoms with Gasteiger partial charge in [-0.1, -0.05) is 26.7 Å². The summed E-state index contributed by atoms with van der Waals surface area (Å²) < 4.78 is 56.1. The maximum Gasteiger partial charge on any atom is 0.409 e. The van der Waals surface area contributed by atoms with E-state index in [0.29, 0.717) is 5.52 Å². The zero-order valence-corrected chi connectivity index (χ0v) is 35.3. The fourth-order valence-corrected chi connectivity index (χ4v) is 6.52. The number of aromatic nitrogens is 3. The number of carbonyl (C=O) groups excluding carboxylic acids is 4. The summed E-state index contributed by atoms with van der Waals surface area (Å²) in [7, 11) is -4.66. The number of nitrogen functional groups attached to an aromatic ring is 1. The minimum atomic E-state index is -4.66. The van der Waals surface area contributed by atoms with E-state index in [4.69, 9.17) is 38.5 Å². The monoisotopic (exact) mass is 808 g/mol. The van der Waals surface area contributed by atoms with Crippen molar-refractivity contribution in [3.63, 3.8) is 0 Å². The number of hydrogen-bond donors (Lipinski definition) is 2. The van der Waals surface area contributed by atoms with Gasteiger partial charge in [0.1, 0.15) is 30.1 Å². The van der Waals surface area contributed by atoms with Gasteiger partial charge in [-0.15, -0.1) is 0 Å². The molecule has 3 N–H and O–H groups in total. The Morgan fingerprint density at radius 3 is 2.11 bits per heavy atom. The molecule has 312 valence electrons. The number of nitriles is 1. The van der Waals surface area contributed by atoms with Gasteiger partial charge in [-0.2, -0.15) is 10.4 Å². The van der Waals surface area contributed by atoms with E-state index in [1.165, 1.54) is 23.6 Å². The molecule has 0 bridgehead atoms. The molecular weight excluding hydrogens is 751 g/mol. The molecular formula is C37H57N6O12P. The number of carbonyl (C=O) groups is 4. The Labute approximate surface area is 328 Å². The van der Waals surface area contributed by atoms with Crippen LogP contribution in [0.5, 0.6) is 0 Å². The first kappa shape index (κ1) is 46.2. The Balaban J connectivity index is 2.11. The van der Waals surface area contributed by atoms with Crippen LogP contribution in [0.25, 0.3) is 5.52 Å². The van der Waals surface area contributed by atoms with Crippen LogP contribution in [0.4, 0.5) is 5.82 Å². The number of nitrogens with one attached hydrogen (secondary N) is 1. The number of rotatable bonds is 16. The van der Waals surface area contributed by atoms with Gasteiger partial charge in [0.15, 0.2) is 18.0 Å². The molecule has 0 spiro atoms. The SMILES string of the molecule is CCC(CC)COC(=O)[C@H](C)N[P@@](=O)(OCOC(=O)C(C)(C)C)OC[C@H]1O[C@@](C#N)(c2ccc3c(N)ncnn23)[C@H](OC(=O)C(C)(C)C)[C@@H]1OC(=O)C(C)(C)C. The third-order valence-electron chi connectivity index (χ3n) is 8.89. The summed E-state index contributed by atoms with van der Waals surface area (Å²) in [6.45, 7) is 18.2. The molecule has 0 saturated carbocycles. The number of ether oxygens (including phenoxy) is 5. The number of nitrogens with two attached hydrogens (primary N) is 1. The van der Waals surface area contributed by atoms with Gasteiger partial charge in [0, 0.05) is 0 Å². The van der Waals surface area contributed by atoms with Gasteiger partial charge in [0.25, 0.3) is 0 Å². The van der Waals surface area contributed by atoms with Crippen molar-refractivity contribution in [2.75, 3.05) is 25.7 Å². The lowest BCUT2D eigenvalue weighted by atomic mass is 9.90. The Hall–Kier alpha value is -4.14. The Morgan fingerprint density at radius 1 is 0.964 bits per heavy atom. The molecule has 1 saturated heterocycles. The van der Waals surface area contributed by atoms with Crippen molar-refractivity contribution in [2.45, 2.75) is 126 Å². The van der Waals surface area contributed by atoms with Gasteiger partial charge in [-0.3, -0.25) is 28.2 Å². The van der Waals surface area contributed by atoms with Gasteiger partial charge in [-0.05, 0) is 87.3 Å². The molecule has 56 heavy (non-hydrogen) atoms. The van der Waals surface area contributed by atoms with Crippen LogP contribution in [0.15, 0.2) is 18.5 Å². The van der Waals surface area contributed by atoms with Crippen molar-refractivity contribution >= 4 is 43.0 Å². The molecule has 0 unspecified atom stereocenters. The van der Waals surface area contributed by atoms with Crippen molar-refractivity contribution in [3.8, 4) is 6.07 Å². The third-order valence-corrected chi connectivity index (χ3v) is 10.5. The number of hydrogen-bond acceptors (Lipinski definition) is 16. The van der Waals surface area contributed by atoms with Crippen molar-refractivity contribution in [3.05, 3.63) is 24.2 Å². The molecule has 2 aromatic heterocycles. The molecule has 1 aliphatic rings. The van der Waals surface area contributed by atoms with Crippen LogP contribution in [-0.4, -0.2) is 82.8 Å². The highest BCUT2D eigenvalue weighted by molar-refractivity contribution is 7.51. The highest BCUT2D eigenvalue weighted by Crippen LogP contribution is 2.49. The fourth-order valence-electron chi connectivity index (χ4n) is 5.18. The van der Waals surface area contributed by atoms with Crippen LogP contribution in [0.2, 0.25) is 0 Å². The zero-order valence-electron chi connectivity index (χ0n) is 34.4. The van der Waals surface area contributed by atoms with Crippen LogP contribution < -0.4 is 10.8 Å². The van der Waals surface area contributed by atoms with Crippen LogP contribution in [-0.2, 0) is 62.1 Å². The summed E-state index contributed by atoms with van der Waals surface area (Å²) in [5.41, 5.74) is 1.06. The van der Waals surface area contributed by atoms with E-state index in [9.17, 15) is 29.0 Å². The minimum Gasteiger partial charge on any atom is -0.464 e. The molecule has 18 nitrogen and oxygen atoms in total. The standard InChI is InChI=1S/C37H57N6O12P/c1-13-23(14-2)17-49-30(44)22(3)42-56(48,52-21-50-31(45)34(4,5)6)51-18-25-27(53-32(46)35(7,8)9)28(54-33(47)36(10,11)12)37(19-38,55-25)26-16-15-24-29(39)40-20-41-43(24)26/h15-16,20,22-23,25,27-28H,13-14,17-18,21H2,1-12H3,(H,42,48)(H2,39,40,41)/t22-,25+,27+,28+,37-,56-/m0/s1. The van der Waals surface area contributed by atoms with E-state index >= 15 is 0 Å². The molecule has 3 heterocycles. The first-order valence-corrected chi connectivity index (χ1v) is 20.0. The van der Waals surface area contributed by atoms with Crippen LogP contribution in [0.1, 0.15) is 102 Å². The van der Waals surface area contributed by atoms with Crippen molar-refractivity contribution < 1.29 is 56.5 Å². The topological polar surface area (TPSA) is 242 Å². The zero-order chi connectivity index (χ0) is 42.4. The largest absolute Gasteiger partial charge is 0.464 e. The van der Waals surface area contributed by atoms with Crippen LogP contribution >= 0.6 is 7.75 Å². The van der Waals surface area contributed by atoms with E-state index in [1.807, 2.05) is 13.8 Å². The molecule has 0 aliphatic carbocycles. The van der Waals surface area contributed by atoms with Gasteiger partial charge < -0.3 is 29.4 Å². The first-order valence-electron chi connectivity index (χ1n) is 18.4. The van der Waals surface area contributed by atoms with Crippen molar-refractivity contribution in [1.82, 2.24) is 19.7 Å². The van der Waals surface area contributed by atoms with E-state index in [1.54, 1.807) is 62.3 Å². The maximum absolute atomic E-state index is 14.4. The molecule has 1 aliphatic heterocycles. The Morgan fingerprint density at radius 2 is 1.55 bits per heavy atom. The molecule has 0 amide bonds. The maximum atomic E-state index is 14.4. The van der Waals surface area contributed by atoms with Crippen molar-refractivity contribution in [1.29, 1.82) is 5.26 Å². The predicted molar refractivity (Wildman–Crippen MR) is 201 cm³/mol. The number of esters is 4. The number of nitrogens with zero attached hydrogens (tertiary/aromatic N) is 4. The summed E-state index contributed by atoms with van der Waals surface area (Å²) in [6.07, 6.45) is -2.01. The molecule has 19 heteroatoms. The lowest BCUT2D eigenvalue weighted by Crippen LogP contribution is -2.48. The average Bonchev–Trinajstić information content (AvgIpc) is 3.67. The predicted octanol–water partition coefficient (Wildman–Crippen LogP) is 4.99. The highest BCUT2D eigenvalue weighted by Gasteiger charge is 2.63. The first-order chi connectivity index (χ1) is 25.8. The second-order valence-corrected chi connectivity index (χ2v) is 18.5. The summed E-state index contributed by atoms with van der Waals surface area (Å²) in [5, 5.41) is 17.7. The normalized spacial score (nSPS) is 21.9. The average molecular weight is 809 g/mol. The molecule has 1 fully saturated rings. The lowest BCUT2D eigenvalue weighted by molar-refractivity contribution is -0.179. The minimum absolute atomic E-state index is 0.0376. The van der Waals surface area contributed by atoms with Crippen LogP contribution in [0.3, 0.4) is 0 Å². The smallest absolute Gasteiger partial charge is 0.409 e. The summed E-state index contributed by atoms with van der Waals surface area (Å²) in [6, 6.07) is 3.85. The van der Waals surface area contributed by atoms with Crippen molar-refractivity contribution in [2.24, 2.45) is 22.2 Å². The summed E-state index contributed by atoms with van der Waals surface area (Å²) in [5.74, 6) is -2.79. The Kier molecular flexibility index (Phi) is 14.8. The third kappa shape index (κ3) is 11.0. The molecule has 2 aromatic rings. The molecule has 0 radical (unpaired) electrons. The number of anilines is 1. The van der Waals surface area contributed by atoms with Gasteiger partial charge in [0.05, 0.1) is 35.2 Å². The summed E-state index contributed by atoms with van der Waals surface area (Å²) in [4.78, 5) is 56.6. The van der Waals surface area contributed by atoms with E-state index in [2.05, 4.69) is 21.2 Å². The molecule has 0 aromatic carbocycles. The fraction of sp³-hybridized carbons (Fsp3) is 0.703. The summed E-state index contributed by atoms with van der Waals surface area (Å²) >= 11 is 0. The highest BCUT2D eigenvalue weighted by atomic mass is 31.2. The lowest BCUT2D eigenvalue weighted by Gasteiger charge is -2.32. The van der Waals surface area contributed by atoms with E-state index < -0.39 is 91.2 Å². The van der Waals surface area contributed by atoms with Crippen LogP contribution in [0, 0.1) is 33.5 Å². The van der Waals surface area contributed by atoms with E-state index in [-0.39, 0.29) is 24.0 Å². The second-order valence-electron chi connectivity index (χ2n) is 16.7. The van der Waals surface area contributed by atoms with Gasteiger partial charge in [0.2, 0.25) is 12.4 Å². The van der Waals surface area contributed by atoms with E-state index in [0.717, 1.165) is 19.2 Å². The van der Waals surface area contributed by atoms with Gasteiger partial charge >= 0.3 is 31.6 Å². The number of fused-ring (bicyclic) bond motifs is 1. The quantitative estimate of drug-likeness (QED) is 0.0982. The second kappa shape index (κ2) is 18.0. The Bertz CT molecular complexity index is 1820. The molecule has 6 atom stereocenters. The molecule has 3 rings (SSSR count).